The molecule has 3 fully saturated rings. The van der Waals surface area contributed by atoms with E-state index in [1.165, 1.54) is 4.90 Å². The van der Waals surface area contributed by atoms with Crippen molar-refractivity contribution in [3.05, 3.63) is 35.9 Å². The molecule has 0 saturated carbocycles. The van der Waals surface area contributed by atoms with Gasteiger partial charge >= 0.3 is 6.03 Å². The number of nitrogens with one attached hydrogen (secondary N) is 1. The highest BCUT2D eigenvalue weighted by Gasteiger charge is 2.48. The first kappa shape index (κ1) is 16.4. The molecule has 3 aliphatic rings. The Balaban J connectivity index is 1.46. The van der Waals surface area contributed by atoms with E-state index in [1.54, 1.807) is 21.6 Å². The lowest BCUT2D eigenvalue weighted by molar-refractivity contribution is -0.137. The fourth-order valence-corrected chi connectivity index (χ4v) is 4.47. The van der Waals surface area contributed by atoms with Crippen LogP contribution >= 0.6 is 11.8 Å². The fraction of sp³-hybridized carbons (Fsp3) is 0.471. The van der Waals surface area contributed by atoms with Crippen LogP contribution in [0.2, 0.25) is 0 Å². The summed E-state index contributed by atoms with van der Waals surface area (Å²) in [6, 6.07) is 8.50. The molecule has 1 aromatic carbocycles. The Morgan fingerprint density at radius 1 is 1.20 bits per heavy atom. The monoisotopic (exact) mass is 360 g/mol. The molecule has 0 aliphatic carbocycles. The average Bonchev–Trinajstić information content (AvgIpc) is 3.26. The Labute approximate surface area is 150 Å². The zero-order chi connectivity index (χ0) is 17.4. The van der Waals surface area contributed by atoms with Gasteiger partial charge in [-0.15, -0.1) is 11.8 Å². The van der Waals surface area contributed by atoms with Gasteiger partial charge < -0.3 is 9.80 Å². The molecular formula is C17H20N4O3S. The molecule has 0 spiro atoms. The van der Waals surface area contributed by atoms with Gasteiger partial charge in [0.1, 0.15) is 6.04 Å². The van der Waals surface area contributed by atoms with Gasteiger partial charge in [-0.3, -0.25) is 19.8 Å². The number of fused-ring (bicyclic) bond motifs is 1. The van der Waals surface area contributed by atoms with Gasteiger partial charge in [0.25, 0.3) is 5.91 Å². The molecule has 0 aromatic heterocycles. The van der Waals surface area contributed by atoms with Crippen LogP contribution < -0.4 is 5.32 Å². The van der Waals surface area contributed by atoms with E-state index in [2.05, 4.69) is 5.32 Å². The largest absolute Gasteiger partial charge is 0.337 e. The lowest BCUT2D eigenvalue weighted by Gasteiger charge is -2.36. The molecule has 25 heavy (non-hydrogen) atoms. The van der Waals surface area contributed by atoms with Crippen molar-refractivity contribution in [3.63, 3.8) is 0 Å². The summed E-state index contributed by atoms with van der Waals surface area (Å²) in [4.78, 5) is 42.6. The third-order valence-electron chi connectivity index (χ3n) is 4.92. The molecule has 2 unspecified atom stereocenters. The molecule has 3 aliphatic heterocycles. The SMILES string of the molecule is O=C(C1CSCN1)N1CCN2C(=O)N(Cc3ccccc3)C(=O)C2C1. The van der Waals surface area contributed by atoms with Gasteiger partial charge in [0.2, 0.25) is 5.91 Å². The predicted octanol–water partition coefficient (Wildman–Crippen LogP) is 0.324. The van der Waals surface area contributed by atoms with Crippen LogP contribution in [0.5, 0.6) is 0 Å². The van der Waals surface area contributed by atoms with E-state index in [9.17, 15) is 14.4 Å². The molecule has 4 rings (SSSR count). The summed E-state index contributed by atoms with van der Waals surface area (Å²) in [7, 11) is 0. The van der Waals surface area contributed by atoms with Gasteiger partial charge in [-0.25, -0.2) is 4.79 Å². The lowest BCUT2D eigenvalue weighted by atomic mass is 10.1. The molecule has 0 bridgehead atoms. The first-order valence-corrected chi connectivity index (χ1v) is 9.56. The minimum absolute atomic E-state index is 0.0337. The number of rotatable bonds is 3. The molecule has 8 heteroatoms. The summed E-state index contributed by atoms with van der Waals surface area (Å²) in [5.74, 6) is 1.37. The number of amides is 4. The van der Waals surface area contributed by atoms with Crippen molar-refractivity contribution in [1.82, 2.24) is 20.0 Å². The highest BCUT2D eigenvalue weighted by molar-refractivity contribution is 7.99. The number of benzene rings is 1. The Hall–Kier alpha value is -2.06. The summed E-state index contributed by atoms with van der Waals surface area (Å²) in [5, 5.41) is 3.17. The topological polar surface area (TPSA) is 73.0 Å². The number of hydrogen-bond acceptors (Lipinski definition) is 5. The Bertz CT molecular complexity index is 692. The summed E-state index contributed by atoms with van der Waals surface area (Å²) in [5.41, 5.74) is 0.921. The number of urea groups is 1. The van der Waals surface area contributed by atoms with Gasteiger partial charge in [-0.05, 0) is 5.56 Å². The Morgan fingerprint density at radius 3 is 2.72 bits per heavy atom. The van der Waals surface area contributed by atoms with Gasteiger partial charge in [-0.2, -0.15) is 0 Å². The molecule has 0 radical (unpaired) electrons. The van der Waals surface area contributed by atoms with Crippen molar-refractivity contribution < 1.29 is 14.4 Å². The summed E-state index contributed by atoms with van der Waals surface area (Å²) >= 11 is 1.70. The maximum Gasteiger partial charge on any atom is 0.327 e. The number of carbonyl (C=O) groups is 3. The summed E-state index contributed by atoms with van der Waals surface area (Å²) < 4.78 is 0. The van der Waals surface area contributed by atoms with Crippen molar-refractivity contribution in [2.24, 2.45) is 0 Å². The number of thioether (sulfide) groups is 1. The van der Waals surface area contributed by atoms with E-state index >= 15 is 0 Å². The minimum atomic E-state index is -0.553. The molecule has 4 amide bonds. The van der Waals surface area contributed by atoms with Crippen LogP contribution in [0.4, 0.5) is 4.79 Å². The van der Waals surface area contributed by atoms with Crippen LogP contribution in [0.25, 0.3) is 0 Å². The van der Waals surface area contributed by atoms with Crippen LogP contribution in [-0.4, -0.2) is 75.9 Å². The van der Waals surface area contributed by atoms with Crippen LogP contribution in [0.3, 0.4) is 0 Å². The van der Waals surface area contributed by atoms with Crippen LogP contribution in [0.15, 0.2) is 30.3 Å². The Morgan fingerprint density at radius 2 is 2.00 bits per heavy atom. The second kappa shape index (κ2) is 6.68. The molecule has 7 nitrogen and oxygen atoms in total. The number of hydrogen-bond donors (Lipinski definition) is 1. The first-order valence-electron chi connectivity index (χ1n) is 8.41. The van der Waals surface area contributed by atoms with Crippen LogP contribution in [-0.2, 0) is 16.1 Å². The maximum atomic E-state index is 12.7. The lowest BCUT2D eigenvalue weighted by Crippen LogP contribution is -2.57. The van der Waals surface area contributed by atoms with Gasteiger partial charge in [0, 0.05) is 24.7 Å². The minimum Gasteiger partial charge on any atom is -0.337 e. The average molecular weight is 360 g/mol. The number of imide groups is 1. The van der Waals surface area contributed by atoms with Gasteiger partial charge in [0.15, 0.2) is 0 Å². The number of carbonyl (C=O) groups excluding carboxylic acids is 3. The number of piperazine rings is 1. The van der Waals surface area contributed by atoms with E-state index in [1.807, 2.05) is 30.3 Å². The normalized spacial score (nSPS) is 26.3. The highest BCUT2D eigenvalue weighted by atomic mass is 32.2. The number of nitrogens with zero attached hydrogens (tertiary/aromatic N) is 3. The zero-order valence-corrected chi connectivity index (χ0v) is 14.6. The molecule has 132 valence electrons. The van der Waals surface area contributed by atoms with E-state index < -0.39 is 6.04 Å². The highest BCUT2D eigenvalue weighted by Crippen LogP contribution is 2.25. The molecule has 1 N–H and O–H groups in total. The van der Waals surface area contributed by atoms with Crippen molar-refractivity contribution in [1.29, 1.82) is 0 Å². The molecule has 1 aromatic rings. The third kappa shape index (κ3) is 3.00. The van der Waals surface area contributed by atoms with Crippen molar-refractivity contribution in [2.45, 2.75) is 18.6 Å². The van der Waals surface area contributed by atoms with E-state index in [0.717, 1.165) is 17.2 Å². The standard InChI is InChI=1S/C17H20N4O3S/c22-15(13-10-25-11-18-13)19-6-7-20-14(9-19)16(23)21(17(20)24)8-12-4-2-1-3-5-12/h1-5,13-14,18H,6-11H2. The van der Waals surface area contributed by atoms with Crippen LogP contribution in [0.1, 0.15) is 5.56 Å². The van der Waals surface area contributed by atoms with Crippen molar-refractivity contribution in [2.75, 3.05) is 31.3 Å². The molecular weight excluding hydrogens is 340 g/mol. The zero-order valence-electron chi connectivity index (χ0n) is 13.8. The van der Waals surface area contributed by atoms with Gasteiger partial charge in [-0.1, -0.05) is 30.3 Å². The van der Waals surface area contributed by atoms with Crippen molar-refractivity contribution >= 4 is 29.6 Å². The van der Waals surface area contributed by atoms with E-state index in [0.29, 0.717) is 13.1 Å². The third-order valence-corrected chi connectivity index (χ3v) is 5.86. The van der Waals surface area contributed by atoms with Crippen molar-refractivity contribution in [3.8, 4) is 0 Å². The fourth-order valence-electron chi connectivity index (χ4n) is 3.54. The molecule has 3 heterocycles. The molecule has 3 saturated heterocycles. The Kier molecular flexibility index (Phi) is 4.39. The second-order valence-electron chi connectivity index (χ2n) is 6.46. The smallest absolute Gasteiger partial charge is 0.327 e. The molecule has 2 atom stereocenters. The summed E-state index contributed by atoms with van der Waals surface area (Å²) in [6.07, 6.45) is 0. The first-order chi connectivity index (χ1) is 12.1. The predicted molar refractivity (Wildman–Crippen MR) is 93.7 cm³/mol. The van der Waals surface area contributed by atoms with E-state index in [4.69, 9.17) is 0 Å². The second-order valence-corrected chi connectivity index (χ2v) is 7.49. The summed E-state index contributed by atoms with van der Waals surface area (Å²) in [6.45, 7) is 1.46. The quantitative estimate of drug-likeness (QED) is 0.786. The maximum absolute atomic E-state index is 12.7. The van der Waals surface area contributed by atoms with E-state index in [-0.39, 0.29) is 37.0 Å². The van der Waals surface area contributed by atoms with Gasteiger partial charge in [0.05, 0.1) is 19.1 Å². The van der Waals surface area contributed by atoms with Crippen LogP contribution in [0, 0.1) is 0 Å².